The molecular formula is C53H83O5PS. The summed E-state index contributed by atoms with van der Waals surface area (Å²) in [6, 6.07) is 14.4. The first-order valence-corrected chi connectivity index (χ1v) is 24.6. The number of hydrogen-bond donors (Lipinski definition) is 1. The van der Waals surface area contributed by atoms with Gasteiger partial charge in [-0.1, -0.05) is 197 Å². The number of carbonyl (C=O) groups excluding carboxylic acids is 1. The number of hydrogen-bond acceptors (Lipinski definition) is 6. The van der Waals surface area contributed by atoms with E-state index < -0.39 is 19.4 Å². The molecule has 0 radical (unpaired) electrons. The van der Waals surface area contributed by atoms with Crippen molar-refractivity contribution in [2.75, 3.05) is 6.61 Å². The van der Waals surface area contributed by atoms with Crippen LogP contribution in [0, 0.1) is 13.8 Å². The number of unbranched alkanes of at least 4 members (excludes halogenated alkanes) is 13. The molecule has 1 atom stereocenters. The lowest BCUT2D eigenvalue weighted by Gasteiger charge is -2.32. The average Bonchev–Trinajstić information content (AvgIpc) is 3.13. The van der Waals surface area contributed by atoms with Crippen LogP contribution in [-0.4, -0.2) is 12.6 Å². The van der Waals surface area contributed by atoms with Gasteiger partial charge in [0.2, 0.25) is 0 Å². The van der Waals surface area contributed by atoms with E-state index in [0.717, 1.165) is 51.1 Å². The molecule has 0 aromatic heterocycles. The molecule has 0 aliphatic carbocycles. The zero-order valence-electron chi connectivity index (χ0n) is 40.6. The Balaban J connectivity index is 1.88. The number of carbonyl (C=O) groups is 1. The summed E-state index contributed by atoms with van der Waals surface area (Å²) in [7, 11) is -2.09. The highest BCUT2D eigenvalue weighted by Gasteiger charge is 2.35. The van der Waals surface area contributed by atoms with E-state index in [9.17, 15) is 4.79 Å². The average molecular weight is 863 g/mol. The summed E-state index contributed by atoms with van der Waals surface area (Å²) in [5, 5.41) is 0. The monoisotopic (exact) mass is 863 g/mol. The van der Waals surface area contributed by atoms with Crippen LogP contribution in [-0.2, 0) is 26.4 Å². The van der Waals surface area contributed by atoms with Crippen LogP contribution < -0.4 is 13.6 Å². The van der Waals surface area contributed by atoms with Gasteiger partial charge in [0.25, 0.3) is 0 Å². The SMILES string of the molecule is CCCCCCCCCCCCCCCCOC(=O)c1cc(C(C)(C)C)c(OP(Oc2ccc(C)cc2C(C)(C)C)Oc2c(S)cc(C)cc2C(C)(C)C)c(C(C)(C)C)c1. The van der Waals surface area contributed by atoms with Crippen molar-refractivity contribution in [2.24, 2.45) is 0 Å². The van der Waals surface area contributed by atoms with Gasteiger partial charge in [0.15, 0.2) is 0 Å². The van der Waals surface area contributed by atoms with Crippen LogP contribution in [0.25, 0.3) is 0 Å². The highest BCUT2D eigenvalue weighted by molar-refractivity contribution is 7.80. The molecule has 0 aliphatic rings. The molecule has 0 saturated carbocycles. The van der Waals surface area contributed by atoms with Crippen LogP contribution in [0.5, 0.6) is 17.2 Å². The normalized spacial score (nSPS) is 13.0. The summed E-state index contributed by atoms with van der Waals surface area (Å²) in [5.41, 5.74) is 5.46. The Morgan fingerprint density at radius 3 is 1.40 bits per heavy atom. The summed E-state index contributed by atoms with van der Waals surface area (Å²) in [5.74, 6) is 1.72. The topological polar surface area (TPSA) is 54.0 Å². The Labute approximate surface area is 374 Å². The first-order chi connectivity index (χ1) is 27.9. The van der Waals surface area contributed by atoms with E-state index >= 15 is 0 Å². The van der Waals surface area contributed by atoms with Crippen molar-refractivity contribution in [3.05, 3.63) is 81.4 Å². The van der Waals surface area contributed by atoms with Crippen LogP contribution in [0.3, 0.4) is 0 Å². The van der Waals surface area contributed by atoms with E-state index in [2.05, 4.69) is 122 Å². The third-order valence-electron chi connectivity index (χ3n) is 11.1. The molecule has 3 rings (SSSR count). The first-order valence-electron chi connectivity index (χ1n) is 23.1. The zero-order valence-corrected chi connectivity index (χ0v) is 42.4. The van der Waals surface area contributed by atoms with Crippen LogP contribution in [0.4, 0.5) is 0 Å². The summed E-state index contributed by atoms with van der Waals surface area (Å²) in [6.45, 7) is 32.9. The molecule has 0 saturated heterocycles. The van der Waals surface area contributed by atoms with Crippen LogP contribution in [0.1, 0.15) is 224 Å². The predicted octanol–water partition coefficient (Wildman–Crippen LogP) is 17.2. The lowest BCUT2D eigenvalue weighted by atomic mass is 9.78. The fraction of sp³-hybridized carbons (Fsp3) is 0.642. The van der Waals surface area contributed by atoms with Crippen molar-refractivity contribution in [2.45, 2.75) is 220 Å². The smallest absolute Gasteiger partial charge is 0.462 e. The lowest BCUT2D eigenvalue weighted by Crippen LogP contribution is -2.22. The number of ether oxygens (including phenoxy) is 1. The van der Waals surface area contributed by atoms with Gasteiger partial charge < -0.3 is 18.3 Å². The maximum atomic E-state index is 13.8. The van der Waals surface area contributed by atoms with Crippen molar-refractivity contribution in [1.29, 1.82) is 0 Å². The van der Waals surface area contributed by atoms with E-state index in [1.807, 2.05) is 24.3 Å². The van der Waals surface area contributed by atoms with Crippen LogP contribution >= 0.6 is 21.2 Å². The van der Waals surface area contributed by atoms with E-state index in [1.165, 1.54) is 77.0 Å². The molecule has 0 N–H and O–H groups in total. The molecule has 3 aromatic rings. The summed E-state index contributed by atoms with van der Waals surface area (Å²) in [4.78, 5) is 14.5. The van der Waals surface area contributed by atoms with E-state index in [1.54, 1.807) is 0 Å². The molecule has 336 valence electrons. The van der Waals surface area contributed by atoms with Gasteiger partial charge in [-0.15, -0.1) is 12.6 Å². The second-order valence-electron chi connectivity index (χ2n) is 21.3. The largest absolute Gasteiger partial charge is 0.530 e. The van der Waals surface area contributed by atoms with Crippen molar-refractivity contribution in [3.63, 3.8) is 0 Å². The highest BCUT2D eigenvalue weighted by atomic mass is 32.1. The van der Waals surface area contributed by atoms with Crippen LogP contribution in [0.15, 0.2) is 47.4 Å². The summed E-state index contributed by atoms with van der Waals surface area (Å²) >= 11 is 4.95. The molecule has 60 heavy (non-hydrogen) atoms. The van der Waals surface area contributed by atoms with E-state index in [-0.39, 0.29) is 16.8 Å². The maximum absolute atomic E-state index is 13.8. The van der Waals surface area contributed by atoms with E-state index in [4.69, 9.17) is 30.9 Å². The minimum atomic E-state index is -2.09. The number of rotatable bonds is 22. The number of aryl methyl sites for hydroxylation is 2. The second kappa shape index (κ2) is 23.1. The fourth-order valence-corrected chi connectivity index (χ4v) is 9.07. The van der Waals surface area contributed by atoms with Gasteiger partial charge in [-0.05, 0) is 71.8 Å². The Morgan fingerprint density at radius 2 is 0.933 bits per heavy atom. The number of benzene rings is 3. The molecule has 0 aliphatic heterocycles. The molecule has 3 aromatic carbocycles. The molecule has 0 heterocycles. The van der Waals surface area contributed by atoms with Gasteiger partial charge in [-0.3, -0.25) is 0 Å². The van der Waals surface area contributed by atoms with Crippen molar-refractivity contribution < 1.29 is 23.1 Å². The van der Waals surface area contributed by atoms with Crippen molar-refractivity contribution >= 4 is 27.2 Å². The zero-order chi connectivity index (χ0) is 44.9. The van der Waals surface area contributed by atoms with E-state index in [0.29, 0.717) is 29.4 Å². The Morgan fingerprint density at radius 1 is 0.517 bits per heavy atom. The molecule has 5 nitrogen and oxygen atoms in total. The van der Waals surface area contributed by atoms with Gasteiger partial charge in [0.05, 0.1) is 12.2 Å². The Bertz CT molecular complexity index is 1770. The second-order valence-corrected chi connectivity index (χ2v) is 22.8. The Hall–Kier alpha value is -2.69. The van der Waals surface area contributed by atoms with Crippen molar-refractivity contribution in [3.8, 4) is 17.2 Å². The molecule has 7 heteroatoms. The molecule has 1 unspecified atom stereocenters. The minimum Gasteiger partial charge on any atom is -0.462 e. The summed E-state index contributed by atoms with van der Waals surface area (Å²) in [6.07, 6.45) is 18.0. The third kappa shape index (κ3) is 16.5. The molecule has 0 amide bonds. The lowest BCUT2D eigenvalue weighted by molar-refractivity contribution is 0.0497. The van der Waals surface area contributed by atoms with Crippen LogP contribution in [0.2, 0.25) is 0 Å². The minimum absolute atomic E-state index is 0.195. The maximum Gasteiger partial charge on any atom is 0.530 e. The molecule has 0 bridgehead atoms. The molecule has 0 spiro atoms. The third-order valence-corrected chi connectivity index (χ3v) is 12.5. The predicted molar refractivity (Wildman–Crippen MR) is 260 cm³/mol. The number of esters is 1. The van der Waals surface area contributed by atoms with Gasteiger partial charge in [-0.25, -0.2) is 4.79 Å². The fourth-order valence-electron chi connectivity index (χ4n) is 7.51. The number of thiol groups is 1. The van der Waals surface area contributed by atoms with Crippen molar-refractivity contribution in [1.82, 2.24) is 0 Å². The highest BCUT2D eigenvalue weighted by Crippen LogP contribution is 2.52. The summed E-state index contributed by atoms with van der Waals surface area (Å²) < 4.78 is 27.0. The van der Waals surface area contributed by atoms with Gasteiger partial charge in [0, 0.05) is 27.1 Å². The Kier molecular flexibility index (Phi) is 19.9. The first kappa shape index (κ1) is 51.7. The quantitative estimate of drug-likeness (QED) is 0.0472. The molecule has 0 fully saturated rings. The standard InChI is InChI=1S/C53H83O5PS/c1-16-17-18-19-20-21-22-23-24-25-26-27-28-29-32-55-49(54)40-36-43(52(10,11)12)47(44(37-40)53(13,14)15)57-59(56-45-31-30-38(2)33-41(45)50(4,5)6)58-48-42(51(7,8)9)34-39(3)35-46(48)60/h30-31,33-37,60H,16-29,32H2,1-15H3. The van der Waals surface area contributed by atoms with Gasteiger partial charge in [0.1, 0.15) is 17.2 Å². The van der Waals surface area contributed by atoms with Gasteiger partial charge >= 0.3 is 14.6 Å². The molecular weight excluding hydrogens is 780 g/mol. The van der Waals surface area contributed by atoms with Gasteiger partial charge in [-0.2, -0.15) is 0 Å².